The molecular formula is C21H25NO3. The Morgan fingerprint density at radius 1 is 0.960 bits per heavy atom. The number of hydrogen-bond donors (Lipinski definition) is 1. The highest BCUT2D eigenvalue weighted by molar-refractivity contribution is 5.29. The van der Waals surface area contributed by atoms with E-state index in [-0.39, 0.29) is 24.6 Å². The first kappa shape index (κ1) is 16.7. The second-order valence-corrected chi connectivity index (χ2v) is 7.26. The van der Waals surface area contributed by atoms with E-state index in [1.54, 1.807) is 0 Å². The summed E-state index contributed by atoms with van der Waals surface area (Å²) in [7, 11) is 0. The number of aliphatic hydroxyl groups is 1. The molecule has 25 heavy (non-hydrogen) atoms. The molecule has 2 aromatic rings. The number of rotatable bonds is 4. The quantitative estimate of drug-likeness (QED) is 0.926. The minimum absolute atomic E-state index is 0.129. The number of aryl methyl sites for hydroxylation is 2. The number of fused-ring (bicyclic) bond motifs is 1. The normalized spacial score (nSPS) is 29.1. The molecule has 0 saturated carbocycles. The van der Waals surface area contributed by atoms with Crippen LogP contribution in [-0.2, 0) is 9.47 Å². The van der Waals surface area contributed by atoms with E-state index >= 15 is 0 Å². The van der Waals surface area contributed by atoms with Crippen molar-refractivity contribution in [1.82, 2.24) is 4.90 Å². The van der Waals surface area contributed by atoms with Crippen molar-refractivity contribution in [3.63, 3.8) is 0 Å². The maximum atomic E-state index is 9.63. The zero-order valence-corrected chi connectivity index (χ0v) is 14.8. The molecule has 0 aliphatic carbocycles. The lowest BCUT2D eigenvalue weighted by molar-refractivity contribution is -0.0623. The minimum atomic E-state index is -0.266. The predicted molar refractivity (Wildman–Crippen MR) is 96.0 cm³/mol. The summed E-state index contributed by atoms with van der Waals surface area (Å²) in [6.07, 6.45) is 0.344. The van der Waals surface area contributed by atoms with Crippen molar-refractivity contribution in [3.05, 3.63) is 70.8 Å². The van der Waals surface area contributed by atoms with Crippen LogP contribution < -0.4 is 0 Å². The van der Waals surface area contributed by atoms with Gasteiger partial charge < -0.3 is 14.6 Å². The molecule has 4 heteroatoms. The molecule has 4 rings (SSSR count). The topological polar surface area (TPSA) is 41.9 Å². The van der Waals surface area contributed by atoms with Crippen molar-refractivity contribution in [2.24, 2.45) is 0 Å². The van der Waals surface area contributed by atoms with Crippen LogP contribution in [0.15, 0.2) is 48.5 Å². The van der Waals surface area contributed by atoms with Crippen LogP contribution in [0.2, 0.25) is 0 Å². The van der Waals surface area contributed by atoms with Crippen LogP contribution in [0.1, 0.15) is 41.1 Å². The molecule has 1 N–H and O–H groups in total. The van der Waals surface area contributed by atoms with E-state index in [2.05, 4.69) is 67.3 Å². The predicted octanol–water partition coefficient (Wildman–Crippen LogP) is 3.48. The Kier molecular flexibility index (Phi) is 4.38. The molecule has 0 radical (unpaired) electrons. The van der Waals surface area contributed by atoms with Gasteiger partial charge in [0, 0.05) is 6.61 Å². The Balaban J connectivity index is 1.75. The average Bonchev–Trinajstić information content (AvgIpc) is 3.12. The van der Waals surface area contributed by atoms with Crippen LogP contribution in [0.5, 0.6) is 0 Å². The highest BCUT2D eigenvalue weighted by Crippen LogP contribution is 2.50. The molecular weight excluding hydrogens is 314 g/mol. The van der Waals surface area contributed by atoms with E-state index in [0.29, 0.717) is 19.6 Å². The van der Waals surface area contributed by atoms with Crippen molar-refractivity contribution < 1.29 is 14.6 Å². The van der Waals surface area contributed by atoms with Crippen LogP contribution in [0.3, 0.4) is 0 Å². The maximum absolute atomic E-state index is 9.63. The van der Waals surface area contributed by atoms with E-state index in [1.807, 2.05) is 0 Å². The summed E-state index contributed by atoms with van der Waals surface area (Å²) in [6.45, 7) is 5.48. The molecule has 4 nitrogen and oxygen atoms in total. The molecule has 132 valence electrons. The fraction of sp³-hybridized carbons (Fsp3) is 0.429. The van der Waals surface area contributed by atoms with E-state index in [1.165, 1.54) is 11.1 Å². The van der Waals surface area contributed by atoms with Crippen molar-refractivity contribution in [2.75, 3.05) is 19.8 Å². The molecule has 2 aliphatic heterocycles. The summed E-state index contributed by atoms with van der Waals surface area (Å²) in [6, 6.07) is 16.9. The third kappa shape index (κ3) is 2.89. The lowest BCUT2D eigenvalue weighted by atomic mass is 9.96. The summed E-state index contributed by atoms with van der Waals surface area (Å²) in [5, 5.41) is 9.63. The zero-order chi connectivity index (χ0) is 17.4. The monoisotopic (exact) mass is 339 g/mol. The third-order valence-corrected chi connectivity index (χ3v) is 5.30. The summed E-state index contributed by atoms with van der Waals surface area (Å²) in [5.41, 5.74) is 4.45. The molecule has 0 aromatic heterocycles. The highest BCUT2D eigenvalue weighted by atomic mass is 16.6. The SMILES string of the molecule is Cc1cccc(C2OCC3(CCO)CO[C@@H](c4cccc(C)c4)N23)c1. The van der Waals surface area contributed by atoms with Crippen molar-refractivity contribution >= 4 is 0 Å². The molecule has 3 atom stereocenters. The first-order valence-corrected chi connectivity index (χ1v) is 8.89. The van der Waals surface area contributed by atoms with Gasteiger partial charge in [0.2, 0.25) is 0 Å². The van der Waals surface area contributed by atoms with Crippen LogP contribution in [-0.4, -0.2) is 35.4 Å². The molecule has 0 amide bonds. The van der Waals surface area contributed by atoms with Crippen LogP contribution in [0.4, 0.5) is 0 Å². The third-order valence-electron chi connectivity index (χ3n) is 5.30. The van der Waals surface area contributed by atoms with E-state index in [4.69, 9.17) is 9.47 Å². The fourth-order valence-electron chi connectivity index (χ4n) is 4.08. The number of benzene rings is 2. The van der Waals surface area contributed by atoms with Gasteiger partial charge in [-0.15, -0.1) is 0 Å². The molecule has 2 unspecified atom stereocenters. The molecule has 2 saturated heterocycles. The van der Waals surface area contributed by atoms with E-state index in [9.17, 15) is 5.11 Å². The highest BCUT2D eigenvalue weighted by Gasteiger charge is 2.56. The van der Waals surface area contributed by atoms with Gasteiger partial charge in [-0.25, -0.2) is 4.90 Å². The largest absolute Gasteiger partial charge is 0.396 e. The van der Waals surface area contributed by atoms with Gasteiger partial charge in [-0.3, -0.25) is 0 Å². The second-order valence-electron chi connectivity index (χ2n) is 7.26. The molecule has 0 bridgehead atoms. The lowest BCUT2D eigenvalue weighted by Crippen LogP contribution is -2.45. The molecule has 0 spiro atoms. The number of ether oxygens (including phenoxy) is 2. The summed E-state index contributed by atoms with van der Waals surface area (Å²) < 4.78 is 12.5. The Hall–Kier alpha value is -1.72. The van der Waals surface area contributed by atoms with Gasteiger partial charge in [0.05, 0.1) is 18.8 Å². The van der Waals surface area contributed by atoms with Crippen LogP contribution in [0.25, 0.3) is 0 Å². The Labute approximate surface area is 149 Å². The van der Waals surface area contributed by atoms with Crippen LogP contribution in [0, 0.1) is 13.8 Å². The smallest absolute Gasteiger partial charge is 0.139 e. The number of aliphatic hydroxyl groups excluding tert-OH is 1. The van der Waals surface area contributed by atoms with Gasteiger partial charge in [-0.2, -0.15) is 0 Å². The van der Waals surface area contributed by atoms with Gasteiger partial charge in [-0.1, -0.05) is 59.7 Å². The average molecular weight is 339 g/mol. The standard InChI is InChI=1S/C21H25NO3/c1-15-5-3-7-17(11-15)19-22-20(18-8-4-6-16(2)12-18)25-14-21(22,9-10-23)13-24-19/h3-8,11-12,19-20,23H,9-10,13-14H2,1-2H3/t19-,20?,21?/m0/s1. The summed E-state index contributed by atoms with van der Waals surface area (Å²) >= 11 is 0. The molecule has 2 fully saturated rings. The minimum Gasteiger partial charge on any atom is -0.396 e. The first-order chi connectivity index (χ1) is 12.1. The van der Waals surface area contributed by atoms with Gasteiger partial charge in [0.1, 0.15) is 12.5 Å². The van der Waals surface area contributed by atoms with Gasteiger partial charge >= 0.3 is 0 Å². The van der Waals surface area contributed by atoms with E-state index < -0.39 is 0 Å². The Morgan fingerprint density at radius 3 is 1.92 bits per heavy atom. The van der Waals surface area contributed by atoms with Gasteiger partial charge in [-0.05, 0) is 31.4 Å². The number of hydrogen-bond acceptors (Lipinski definition) is 4. The zero-order valence-electron chi connectivity index (χ0n) is 14.8. The van der Waals surface area contributed by atoms with Crippen LogP contribution >= 0.6 is 0 Å². The van der Waals surface area contributed by atoms with Gasteiger partial charge in [0.15, 0.2) is 0 Å². The summed E-state index contributed by atoms with van der Waals surface area (Å²) in [5.74, 6) is 0. The Bertz CT molecular complexity index is 703. The molecule has 2 heterocycles. The molecule has 2 aliphatic rings. The maximum Gasteiger partial charge on any atom is 0.139 e. The summed E-state index contributed by atoms with van der Waals surface area (Å²) in [4.78, 5) is 2.33. The molecule has 2 aromatic carbocycles. The Morgan fingerprint density at radius 2 is 1.48 bits per heavy atom. The number of nitrogens with zero attached hydrogens (tertiary/aromatic N) is 1. The fourth-order valence-corrected chi connectivity index (χ4v) is 4.08. The lowest BCUT2D eigenvalue weighted by Gasteiger charge is -2.34. The van der Waals surface area contributed by atoms with Crippen molar-refractivity contribution in [3.8, 4) is 0 Å². The van der Waals surface area contributed by atoms with Crippen molar-refractivity contribution in [1.29, 1.82) is 0 Å². The van der Waals surface area contributed by atoms with E-state index in [0.717, 1.165) is 11.1 Å². The second kappa shape index (κ2) is 6.54. The first-order valence-electron chi connectivity index (χ1n) is 8.89. The van der Waals surface area contributed by atoms with Crippen molar-refractivity contribution in [2.45, 2.75) is 38.3 Å². The van der Waals surface area contributed by atoms with Gasteiger partial charge in [0.25, 0.3) is 0 Å².